The third kappa shape index (κ3) is 4.86. The van der Waals surface area contributed by atoms with Crippen molar-refractivity contribution in [3.63, 3.8) is 0 Å². The summed E-state index contributed by atoms with van der Waals surface area (Å²) in [5.41, 5.74) is 7.44. The molecule has 0 saturated heterocycles. The summed E-state index contributed by atoms with van der Waals surface area (Å²) >= 11 is 0. The minimum Gasteiger partial charge on any atom is -0.481 e. The standard InChI is InChI=1S/C16H22N2O3/c17-16(8-1-2-9-16)11-14(19)18-13-5-3-4-12(10-13)6-7-15(20)21/h3-5,10H,1-2,6-9,11,17H2,(H,18,19)(H,20,21). The van der Waals surface area contributed by atoms with Crippen LogP contribution in [-0.4, -0.2) is 22.5 Å². The number of amides is 1. The lowest BCUT2D eigenvalue weighted by atomic mass is 9.94. The van der Waals surface area contributed by atoms with Gasteiger partial charge < -0.3 is 16.2 Å². The fourth-order valence-electron chi connectivity index (χ4n) is 2.84. The predicted molar refractivity (Wildman–Crippen MR) is 81.0 cm³/mol. The van der Waals surface area contributed by atoms with Gasteiger partial charge in [0.25, 0.3) is 0 Å². The molecule has 1 amide bonds. The first-order valence-corrected chi connectivity index (χ1v) is 7.36. The Kier molecular flexibility index (Phi) is 4.96. The molecule has 0 atom stereocenters. The second kappa shape index (κ2) is 6.72. The van der Waals surface area contributed by atoms with Crippen molar-refractivity contribution in [2.75, 3.05) is 5.32 Å². The van der Waals surface area contributed by atoms with Crippen molar-refractivity contribution in [1.82, 2.24) is 0 Å². The van der Waals surface area contributed by atoms with Crippen LogP contribution in [0.25, 0.3) is 0 Å². The van der Waals surface area contributed by atoms with Crippen molar-refractivity contribution < 1.29 is 14.7 Å². The van der Waals surface area contributed by atoms with E-state index in [9.17, 15) is 9.59 Å². The van der Waals surface area contributed by atoms with Crippen LogP contribution >= 0.6 is 0 Å². The highest BCUT2D eigenvalue weighted by Crippen LogP contribution is 2.30. The van der Waals surface area contributed by atoms with Gasteiger partial charge in [0.1, 0.15) is 0 Å². The average Bonchev–Trinajstić information content (AvgIpc) is 2.83. The van der Waals surface area contributed by atoms with Crippen LogP contribution in [0.3, 0.4) is 0 Å². The van der Waals surface area contributed by atoms with E-state index in [1.165, 1.54) is 0 Å². The fraction of sp³-hybridized carbons (Fsp3) is 0.500. The topological polar surface area (TPSA) is 92.4 Å². The smallest absolute Gasteiger partial charge is 0.303 e. The monoisotopic (exact) mass is 290 g/mol. The quantitative estimate of drug-likeness (QED) is 0.749. The number of benzene rings is 1. The summed E-state index contributed by atoms with van der Waals surface area (Å²) in [7, 11) is 0. The van der Waals surface area contributed by atoms with Crippen LogP contribution in [0.5, 0.6) is 0 Å². The summed E-state index contributed by atoms with van der Waals surface area (Å²) in [5, 5.41) is 11.5. The first kappa shape index (κ1) is 15.5. The molecule has 1 aromatic carbocycles. The maximum absolute atomic E-state index is 12.1. The van der Waals surface area contributed by atoms with Crippen molar-refractivity contribution in [1.29, 1.82) is 0 Å². The van der Waals surface area contributed by atoms with E-state index < -0.39 is 5.97 Å². The van der Waals surface area contributed by atoms with Gasteiger partial charge in [0.15, 0.2) is 0 Å². The first-order chi connectivity index (χ1) is 9.97. The van der Waals surface area contributed by atoms with E-state index in [0.717, 1.165) is 31.2 Å². The molecule has 1 aliphatic rings. The van der Waals surface area contributed by atoms with Crippen LogP contribution in [-0.2, 0) is 16.0 Å². The van der Waals surface area contributed by atoms with E-state index in [4.69, 9.17) is 10.8 Å². The van der Waals surface area contributed by atoms with Gasteiger partial charge in [-0.15, -0.1) is 0 Å². The Balaban J connectivity index is 1.91. The maximum Gasteiger partial charge on any atom is 0.303 e. The molecule has 5 nitrogen and oxygen atoms in total. The molecule has 21 heavy (non-hydrogen) atoms. The molecule has 0 spiro atoms. The van der Waals surface area contributed by atoms with Gasteiger partial charge in [-0.05, 0) is 37.0 Å². The number of carbonyl (C=O) groups excluding carboxylic acids is 1. The van der Waals surface area contributed by atoms with Gasteiger partial charge in [-0.3, -0.25) is 9.59 Å². The highest BCUT2D eigenvalue weighted by molar-refractivity contribution is 5.91. The van der Waals surface area contributed by atoms with E-state index >= 15 is 0 Å². The number of hydrogen-bond acceptors (Lipinski definition) is 3. The zero-order valence-electron chi connectivity index (χ0n) is 12.1. The third-order valence-corrected chi connectivity index (χ3v) is 3.95. The van der Waals surface area contributed by atoms with Crippen LogP contribution in [0, 0.1) is 0 Å². The van der Waals surface area contributed by atoms with Gasteiger partial charge in [0.05, 0.1) is 0 Å². The molecule has 0 heterocycles. The Morgan fingerprint density at radius 3 is 2.67 bits per heavy atom. The molecule has 0 radical (unpaired) electrons. The Labute approximate surface area is 124 Å². The van der Waals surface area contributed by atoms with Gasteiger partial charge in [-0.1, -0.05) is 25.0 Å². The lowest BCUT2D eigenvalue weighted by Gasteiger charge is -2.22. The van der Waals surface area contributed by atoms with Crippen LogP contribution in [0.15, 0.2) is 24.3 Å². The lowest BCUT2D eigenvalue weighted by Crippen LogP contribution is -2.40. The van der Waals surface area contributed by atoms with Gasteiger partial charge in [0, 0.05) is 24.1 Å². The number of carboxylic acids is 1. The number of rotatable bonds is 6. The molecule has 1 saturated carbocycles. The van der Waals surface area contributed by atoms with E-state index in [1.807, 2.05) is 18.2 Å². The predicted octanol–water partition coefficient (Wildman–Crippen LogP) is 2.30. The normalized spacial score (nSPS) is 16.6. The number of nitrogens with two attached hydrogens (primary N) is 1. The average molecular weight is 290 g/mol. The van der Waals surface area contributed by atoms with E-state index in [-0.39, 0.29) is 17.9 Å². The zero-order valence-corrected chi connectivity index (χ0v) is 12.1. The number of nitrogens with one attached hydrogen (secondary N) is 1. The maximum atomic E-state index is 12.1. The second-order valence-corrected chi connectivity index (χ2v) is 5.89. The Morgan fingerprint density at radius 1 is 1.29 bits per heavy atom. The molecule has 5 heteroatoms. The molecule has 0 bridgehead atoms. The number of aryl methyl sites for hydroxylation is 1. The molecule has 0 aromatic heterocycles. The third-order valence-electron chi connectivity index (χ3n) is 3.95. The van der Waals surface area contributed by atoms with E-state index in [1.54, 1.807) is 6.07 Å². The van der Waals surface area contributed by atoms with Crippen molar-refractivity contribution >= 4 is 17.6 Å². The summed E-state index contributed by atoms with van der Waals surface area (Å²) in [5.74, 6) is -0.898. The summed E-state index contributed by atoms with van der Waals surface area (Å²) in [6.45, 7) is 0. The van der Waals surface area contributed by atoms with Gasteiger partial charge in [-0.2, -0.15) is 0 Å². The molecular weight excluding hydrogens is 268 g/mol. The van der Waals surface area contributed by atoms with Crippen LogP contribution < -0.4 is 11.1 Å². The van der Waals surface area contributed by atoms with Gasteiger partial charge in [-0.25, -0.2) is 0 Å². The Bertz CT molecular complexity index is 522. The van der Waals surface area contributed by atoms with Crippen molar-refractivity contribution in [3.8, 4) is 0 Å². The first-order valence-electron chi connectivity index (χ1n) is 7.36. The van der Waals surface area contributed by atoms with Crippen molar-refractivity contribution in [2.45, 2.75) is 50.5 Å². The summed E-state index contributed by atoms with van der Waals surface area (Å²) < 4.78 is 0. The van der Waals surface area contributed by atoms with Crippen LogP contribution in [0.1, 0.15) is 44.1 Å². The number of anilines is 1. The molecule has 1 aliphatic carbocycles. The molecule has 0 aliphatic heterocycles. The molecule has 1 aromatic rings. The number of carbonyl (C=O) groups is 2. The number of aliphatic carboxylic acids is 1. The molecule has 114 valence electrons. The highest BCUT2D eigenvalue weighted by Gasteiger charge is 2.31. The summed E-state index contributed by atoms with van der Waals surface area (Å²) in [6, 6.07) is 7.30. The van der Waals surface area contributed by atoms with Crippen molar-refractivity contribution in [3.05, 3.63) is 29.8 Å². The lowest BCUT2D eigenvalue weighted by molar-refractivity contribution is -0.137. The van der Waals surface area contributed by atoms with E-state index in [2.05, 4.69) is 5.32 Å². The number of carboxylic acid groups (broad SMARTS) is 1. The van der Waals surface area contributed by atoms with E-state index in [0.29, 0.717) is 18.5 Å². The molecule has 2 rings (SSSR count). The van der Waals surface area contributed by atoms with Crippen LogP contribution in [0.2, 0.25) is 0 Å². The largest absolute Gasteiger partial charge is 0.481 e. The zero-order chi connectivity index (χ0) is 15.3. The molecular formula is C16H22N2O3. The number of hydrogen-bond donors (Lipinski definition) is 3. The SMILES string of the molecule is NC1(CC(=O)Nc2cccc(CCC(=O)O)c2)CCCC1. The van der Waals surface area contributed by atoms with Crippen molar-refractivity contribution in [2.24, 2.45) is 5.73 Å². The summed E-state index contributed by atoms with van der Waals surface area (Å²) in [4.78, 5) is 22.6. The second-order valence-electron chi connectivity index (χ2n) is 5.89. The minimum atomic E-state index is -0.823. The molecule has 1 fully saturated rings. The molecule has 4 N–H and O–H groups in total. The van der Waals surface area contributed by atoms with Gasteiger partial charge in [0.2, 0.25) is 5.91 Å². The molecule has 0 unspecified atom stereocenters. The van der Waals surface area contributed by atoms with Gasteiger partial charge >= 0.3 is 5.97 Å². The summed E-state index contributed by atoms with van der Waals surface area (Å²) in [6.07, 6.45) is 4.87. The van der Waals surface area contributed by atoms with Crippen LogP contribution in [0.4, 0.5) is 5.69 Å². The minimum absolute atomic E-state index is 0.0743. The fourth-order valence-corrected chi connectivity index (χ4v) is 2.84. The Hall–Kier alpha value is -1.88. The highest BCUT2D eigenvalue weighted by atomic mass is 16.4. The Morgan fingerprint density at radius 2 is 2.00 bits per heavy atom.